The summed E-state index contributed by atoms with van der Waals surface area (Å²) in [6, 6.07) is 8.42. The lowest BCUT2D eigenvalue weighted by Crippen LogP contribution is -2.55. The van der Waals surface area contributed by atoms with Gasteiger partial charge in [-0.05, 0) is 24.3 Å². The number of hydrogen-bond donors (Lipinski definition) is 3. The van der Waals surface area contributed by atoms with Crippen molar-refractivity contribution in [2.75, 3.05) is 13.6 Å². The third kappa shape index (κ3) is 4.35. The number of rotatable bonds is 6. The van der Waals surface area contributed by atoms with Crippen molar-refractivity contribution < 1.29 is 9.59 Å². The van der Waals surface area contributed by atoms with E-state index in [0.717, 1.165) is 12.0 Å². The van der Waals surface area contributed by atoms with Gasteiger partial charge in [0.15, 0.2) is 0 Å². The quantitative estimate of drug-likeness (QED) is 0.517. The summed E-state index contributed by atoms with van der Waals surface area (Å²) in [5.41, 5.74) is 7.45. The molecule has 0 spiro atoms. The average molecular weight is 359 g/mol. The van der Waals surface area contributed by atoms with Gasteiger partial charge in [-0.1, -0.05) is 44.2 Å². The molecule has 7 nitrogen and oxygen atoms in total. The zero-order valence-electron chi connectivity index (χ0n) is 15.7. The lowest BCUT2D eigenvalue weighted by Gasteiger charge is -2.34. The zero-order valence-corrected chi connectivity index (χ0v) is 15.7. The molecule has 2 atom stereocenters. The first kappa shape index (κ1) is 19.8. The van der Waals surface area contributed by atoms with E-state index in [-0.39, 0.29) is 17.7 Å². The number of nitrogens with zero attached hydrogens (tertiary/aromatic N) is 2. The van der Waals surface area contributed by atoms with Gasteiger partial charge >= 0.3 is 0 Å². The summed E-state index contributed by atoms with van der Waals surface area (Å²) in [6.45, 7) is 4.42. The van der Waals surface area contributed by atoms with Crippen molar-refractivity contribution in [1.82, 2.24) is 15.2 Å². The summed E-state index contributed by atoms with van der Waals surface area (Å²) in [5, 5.41) is 4.00. The van der Waals surface area contributed by atoms with Crippen molar-refractivity contribution in [3.8, 4) is 0 Å². The summed E-state index contributed by atoms with van der Waals surface area (Å²) < 4.78 is 0. The molecule has 0 bridgehead atoms. The number of likely N-dealkylation sites (tertiary alicyclic amines) is 1. The second-order valence-corrected chi connectivity index (χ2v) is 6.89. The van der Waals surface area contributed by atoms with Crippen LogP contribution in [0.15, 0.2) is 36.5 Å². The van der Waals surface area contributed by atoms with E-state index >= 15 is 0 Å². The number of nitrogens with two attached hydrogens (primary N) is 2. The molecule has 1 saturated heterocycles. The van der Waals surface area contributed by atoms with Crippen molar-refractivity contribution in [2.45, 2.75) is 38.8 Å². The third-order valence-electron chi connectivity index (χ3n) is 4.69. The van der Waals surface area contributed by atoms with Gasteiger partial charge in [-0.3, -0.25) is 9.59 Å². The van der Waals surface area contributed by atoms with E-state index in [1.165, 1.54) is 5.01 Å². The van der Waals surface area contributed by atoms with Crippen molar-refractivity contribution in [1.29, 1.82) is 0 Å². The highest BCUT2D eigenvalue weighted by molar-refractivity contribution is 5.90. The SMILES string of the molecule is CNC(=O)C1CCCN1C(=O)C(C(C)C)N(N)/C=C(\N)c1ccccc1. The van der Waals surface area contributed by atoms with Crippen LogP contribution in [0.5, 0.6) is 0 Å². The normalized spacial score (nSPS) is 18.7. The molecule has 0 aromatic heterocycles. The van der Waals surface area contributed by atoms with Crippen molar-refractivity contribution in [3.63, 3.8) is 0 Å². The summed E-state index contributed by atoms with van der Waals surface area (Å²) in [5.74, 6) is 5.88. The molecule has 7 heteroatoms. The van der Waals surface area contributed by atoms with Crippen LogP contribution in [0.25, 0.3) is 5.70 Å². The summed E-state index contributed by atoms with van der Waals surface area (Å²) in [7, 11) is 1.59. The lowest BCUT2D eigenvalue weighted by atomic mass is 10.0. The van der Waals surface area contributed by atoms with Crippen LogP contribution in [-0.2, 0) is 9.59 Å². The molecule has 5 N–H and O–H groups in total. The van der Waals surface area contributed by atoms with Gasteiger partial charge in [0.2, 0.25) is 11.8 Å². The van der Waals surface area contributed by atoms with Gasteiger partial charge in [-0.2, -0.15) is 0 Å². The number of benzene rings is 1. The van der Waals surface area contributed by atoms with Gasteiger partial charge in [0.1, 0.15) is 12.1 Å². The van der Waals surface area contributed by atoms with Crippen LogP contribution in [0.1, 0.15) is 32.3 Å². The monoisotopic (exact) mass is 359 g/mol. The Kier molecular flexibility index (Phi) is 6.63. The molecule has 1 aliphatic rings. The van der Waals surface area contributed by atoms with Crippen molar-refractivity contribution >= 4 is 17.5 Å². The molecule has 0 aliphatic carbocycles. The Morgan fingerprint density at radius 3 is 2.54 bits per heavy atom. The molecule has 1 aromatic rings. The molecule has 26 heavy (non-hydrogen) atoms. The number of carbonyl (C=O) groups is 2. The molecule has 2 amide bonds. The fraction of sp³-hybridized carbons (Fsp3) is 0.474. The van der Waals surface area contributed by atoms with Crippen LogP contribution in [0.3, 0.4) is 0 Å². The van der Waals surface area contributed by atoms with E-state index in [0.29, 0.717) is 18.7 Å². The number of likely N-dealkylation sites (N-methyl/N-ethyl adjacent to an activating group) is 1. The van der Waals surface area contributed by atoms with Gasteiger partial charge < -0.3 is 21.0 Å². The minimum Gasteiger partial charge on any atom is -0.397 e. The molecule has 1 aliphatic heterocycles. The van der Waals surface area contributed by atoms with Crippen LogP contribution >= 0.6 is 0 Å². The first-order valence-corrected chi connectivity index (χ1v) is 8.94. The maximum absolute atomic E-state index is 13.1. The minimum atomic E-state index is -0.595. The Labute approximate surface area is 155 Å². The molecular formula is C19H29N5O2. The highest BCUT2D eigenvalue weighted by Gasteiger charge is 2.39. The predicted molar refractivity (Wildman–Crippen MR) is 102 cm³/mol. The van der Waals surface area contributed by atoms with Gasteiger partial charge in [0.25, 0.3) is 0 Å². The van der Waals surface area contributed by atoms with Crippen LogP contribution in [0.2, 0.25) is 0 Å². The van der Waals surface area contributed by atoms with Crippen LogP contribution < -0.4 is 16.9 Å². The second-order valence-electron chi connectivity index (χ2n) is 6.89. The Morgan fingerprint density at radius 2 is 1.96 bits per heavy atom. The van der Waals surface area contributed by atoms with Gasteiger partial charge in [0.05, 0.1) is 5.70 Å². The smallest absolute Gasteiger partial charge is 0.247 e. The molecule has 1 aromatic carbocycles. The van der Waals surface area contributed by atoms with Gasteiger partial charge in [-0.25, -0.2) is 5.84 Å². The molecular weight excluding hydrogens is 330 g/mol. The van der Waals surface area contributed by atoms with E-state index in [2.05, 4.69) is 5.32 Å². The molecule has 2 unspecified atom stereocenters. The average Bonchev–Trinajstić information content (AvgIpc) is 3.11. The minimum absolute atomic E-state index is 0.0433. The summed E-state index contributed by atoms with van der Waals surface area (Å²) in [6.07, 6.45) is 3.06. The first-order chi connectivity index (χ1) is 12.4. The fourth-order valence-electron chi connectivity index (χ4n) is 3.34. The molecule has 0 saturated carbocycles. The summed E-state index contributed by atoms with van der Waals surface area (Å²) in [4.78, 5) is 26.8. The van der Waals surface area contributed by atoms with Crippen LogP contribution in [-0.4, -0.2) is 47.4 Å². The maximum Gasteiger partial charge on any atom is 0.247 e. The van der Waals surface area contributed by atoms with Crippen molar-refractivity contribution in [2.24, 2.45) is 17.5 Å². The van der Waals surface area contributed by atoms with E-state index in [1.807, 2.05) is 44.2 Å². The topological polar surface area (TPSA) is 105 Å². The molecule has 142 valence electrons. The maximum atomic E-state index is 13.1. The second kappa shape index (κ2) is 8.71. The van der Waals surface area contributed by atoms with Crippen molar-refractivity contribution in [3.05, 3.63) is 42.1 Å². The van der Waals surface area contributed by atoms with Gasteiger partial charge in [-0.15, -0.1) is 0 Å². The Hall–Kier alpha value is -2.54. The van der Waals surface area contributed by atoms with E-state index in [1.54, 1.807) is 18.1 Å². The van der Waals surface area contributed by atoms with Crippen LogP contribution in [0.4, 0.5) is 0 Å². The summed E-state index contributed by atoms with van der Waals surface area (Å²) >= 11 is 0. The van der Waals surface area contributed by atoms with Gasteiger partial charge in [0, 0.05) is 19.8 Å². The van der Waals surface area contributed by atoms with Crippen LogP contribution in [0, 0.1) is 5.92 Å². The van der Waals surface area contributed by atoms with E-state index < -0.39 is 12.1 Å². The number of carbonyl (C=O) groups excluding carboxylic acids is 2. The molecule has 1 fully saturated rings. The van der Waals surface area contributed by atoms with E-state index in [9.17, 15) is 9.59 Å². The number of hydrazine groups is 1. The molecule has 2 rings (SSSR count). The predicted octanol–water partition coefficient (Wildman–Crippen LogP) is 0.881. The zero-order chi connectivity index (χ0) is 19.3. The molecule has 1 heterocycles. The highest BCUT2D eigenvalue weighted by Crippen LogP contribution is 2.22. The fourth-order valence-corrected chi connectivity index (χ4v) is 3.34. The Bertz CT molecular complexity index is 659. The molecule has 0 radical (unpaired) electrons. The number of amides is 2. The Morgan fingerprint density at radius 1 is 1.31 bits per heavy atom. The first-order valence-electron chi connectivity index (χ1n) is 8.94. The standard InChI is InChI=1S/C19H29N5O2/c1-13(2)17(19(26)23-11-7-10-16(23)18(25)22-3)24(21)12-15(20)14-8-5-4-6-9-14/h4-6,8-9,12-13,16-17H,7,10-11,20-21H2,1-3H3,(H,22,25)/b15-12-. The largest absolute Gasteiger partial charge is 0.397 e. The van der Waals surface area contributed by atoms with E-state index in [4.69, 9.17) is 11.6 Å². The third-order valence-corrected chi connectivity index (χ3v) is 4.69. The Balaban J connectivity index is 2.22. The lowest BCUT2D eigenvalue weighted by molar-refractivity contribution is -0.143. The highest BCUT2D eigenvalue weighted by atomic mass is 16.2. The number of hydrogen-bond acceptors (Lipinski definition) is 5. The number of nitrogens with one attached hydrogen (secondary N) is 1.